The number of rotatable bonds is 4. The minimum atomic E-state index is -4.41. The number of carbonyl (C=O) groups excluding carboxylic acids is 1. The van der Waals surface area contributed by atoms with Crippen molar-refractivity contribution in [1.82, 2.24) is 14.9 Å². The molecule has 0 spiro atoms. The van der Waals surface area contributed by atoms with E-state index in [1.807, 2.05) is 35.2 Å². The Morgan fingerprint density at radius 1 is 0.938 bits per heavy atom. The van der Waals surface area contributed by atoms with Gasteiger partial charge >= 0.3 is 6.18 Å². The Hall–Kier alpha value is -3.68. The van der Waals surface area contributed by atoms with Crippen molar-refractivity contribution >= 4 is 17.9 Å². The first kappa shape index (κ1) is 21.5. The predicted octanol–water partition coefficient (Wildman–Crippen LogP) is 4.52. The van der Waals surface area contributed by atoms with Crippen LogP contribution in [-0.2, 0) is 11.0 Å². The summed E-state index contributed by atoms with van der Waals surface area (Å²) >= 11 is 0. The molecule has 1 saturated heterocycles. The highest BCUT2D eigenvalue weighted by molar-refractivity contribution is 5.91. The summed E-state index contributed by atoms with van der Waals surface area (Å²) in [6, 6.07) is 16.3. The smallest absolute Gasteiger partial charge is 0.337 e. The van der Waals surface area contributed by atoms with Gasteiger partial charge in [-0.25, -0.2) is 9.97 Å². The molecule has 3 aromatic rings. The van der Waals surface area contributed by atoms with Gasteiger partial charge in [-0.1, -0.05) is 42.5 Å². The molecule has 8 heteroatoms. The molecule has 1 aliphatic rings. The van der Waals surface area contributed by atoms with E-state index in [2.05, 4.69) is 9.97 Å². The number of nitrogens with zero attached hydrogens (tertiary/aromatic N) is 4. The van der Waals surface area contributed by atoms with Crippen LogP contribution in [0.4, 0.5) is 19.1 Å². The van der Waals surface area contributed by atoms with E-state index in [1.54, 1.807) is 29.2 Å². The number of hydrogen-bond donors (Lipinski definition) is 0. The highest BCUT2D eigenvalue weighted by Crippen LogP contribution is 2.32. The van der Waals surface area contributed by atoms with E-state index in [4.69, 9.17) is 0 Å². The molecule has 32 heavy (non-hydrogen) atoms. The Bertz CT molecular complexity index is 1110. The normalized spacial score (nSPS) is 14.7. The Kier molecular flexibility index (Phi) is 6.20. The number of carbonyl (C=O) groups is 1. The molecule has 1 amide bonds. The van der Waals surface area contributed by atoms with Crippen LogP contribution >= 0.6 is 0 Å². The second kappa shape index (κ2) is 9.21. The minimum absolute atomic E-state index is 0.0628. The maximum Gasteiger partial charge on any atom is 0.416 e. The number of alkyl halides is 3. The van der Waals surface area contributed by atoms with E-state index >= 15 is 0 Å². The molecule has 0 N–H and O–H groups in total. The van der Waals surface area contributed by atoms with Gasteiger partial charge < -0.3 is 9.80 Å². The van der Waals surface area contributed by atoms with Gasteiger partial charge in [0.25, 0.3) is 0 Å². The summed E-state index contributed by atoms with van der Waals surface area (Å²) in [6.45, 7) is 2.10. The van der Waals surface area contributed by atoms with Crippen molar-refractivity contribution in [3.63, 3.8) is 0 Å². The van der Waals surface area contributed by atoms with Crippen LogP contribution in [0, 0.1) is 0 Å². The summed E-state index contributed by atoms with van der Waals surface area (Å²) in [5.41, 5.74) is 1.04. The lowest BCUT2D eigenvalue weighted by molar-refractivity contribution is -0.137. The maximum atomic E-state index is 13.0. The van der Waals surface area contributed by atoms with Gasteiger partial charge in [0.15, 0.2) is 0 Å². The number of anilines is 1. The molecule has 1 aromatic heterocycles. The fraction of sp³-hybridized carbons (Fsp3) is 0.208. The molecule has 164 valence electrons. The second-order valence-electron chi connectivity index (χ2n) is 7.38. The van der Waals surface area contributed by atoms with Crippen LogP contribution in [0.1, 0.15) is 11.1 Å². The van der Waals surface area contributed by atoms with Crippen molar-refractivity contribution in [3.8, 4) is 11.3 Å². The summed E-state index contributed by atoms with van der Waals surface area (Å²) in [5.74, 6) is 0.374. The molecule has 0 aliphatic carbocycles. The highest BCUT2D eigenvalue weighted by atomic mass is 19.4. The lowest BCUT2D eigenvalue weighted by atomic mass is 10.1. The molecule has 0 unspecified atom stereocenters. The second-order valence-corrected chi connectivity index (χ2v) is 7.38. The maximum absolute atomic E-state index is 13.0. The zero-order valence-electron chi connectivity index (χ0n) is 17.2. The van der Waals surface area contributed by atoms with Crippen molar-refractivity contribution in [3.05, 3.63) is 84.1 Å². The molecule has 0 bridgehead atoms. The Labute approximate surface area is 183 Å². The van der Waals surface area contributed by atoms with Crippen molar-refractivity contribution in [2.24, 2.45) is 0 Å². The molecule has 2 heterocycles. The first-order chi connectivity index (χ1) is 15.4. The number of aromatic nitrogens is 2. The van der Waals surface area contributed by atoms with Crippen molar-refractivity contribution in [2.45, 2.75) is 6.18 Å². The van der Waals surface area contributed by atoms with Crippen LogP contribution < -0.4 is 4.90 Å². The van der Waals surface area contributed by atoms with E-state index in [0.29, 0.717) is 43.4 Å². The molecular formula is C24H21F3N4O. The van der Waals surface area contributed by atoms with E-state index in [9.17, 15) is 18.0 Å². The summed E-state index contributed by atoms with van der Waals surface area (Å²) in [4.78, 5) is 24.9. The van der Waals surface area contributed by atoms with Crippen LogP contribution in [0.15, 0.2) is 72.9 Å². The lowest BCUT2D eigenvalue weighted by Gasteiger charge is -2.34. The van der Waals surface area contributed by atoms with E-state index in [1.165, 1.54) is 12.3 Å². The number of amides is 1. The average Bonchev–Trinajstić information content (AvgIpc) is 2.83. The third kappa shape index (κ3) is 5.14. The number of benzene rings is 2. The molecule has 0 radical (unpaired) electrons. The monoisotopic (exact) mass is 438 g/mol. The number of halogens is 3. The van der Waals surface area contributed by atoms with Crippen LogP contribution in [-0.4, -0.2) is 47.0 Å². The average molecular weight is 438 g/mol. The van der Waals surface area contributed by atoms with E-state index < -0.39 is 11.7 Å². The van der Waals surface area contributed by atoms with E-state index in [0.717, 1.165) is 17.7 Å². The molecule has 0 atom stereocenters. The summed E-state index contributed by atoms with van der Waals surface area (Å²) in [7, 11) is 0. The quantitative estimate of drug-likeness (QED) is 0.562. The molecule has 1 fully saturated rings. The molecular weight excluding hydrogens is 417 g/mol. The van der Waals surface area contributed by atoms with Crippen molar-refractivity contribution in [2.75, 3.05) is 31.1 Å². The zero-order valence-corrected chi connectivity index (χ0v) is 17.2. The first-order valence-electron chi connectivity index (χ1n) is 10.2. The fourth-order valence-electron chi connectivity index (χ4n) is 3.48. The largest absolute Gasteiger partial charge is 0.416 e. The van der Waals surface area contributed by atoms with Gasteiger partial charge in [-0.05, 0) is 29.8 Å². The SMILES string of the molecule is O=C(/C=C/c1ccccc1)N1CCN(c2nccc(-c3cccc(C(F)(F)F)c3)n2)CC1. The Balaban J connectivity index is 1.41. The molecule has 0 saturated carbocycles. The van der Waals surface area contributed by atoms with Crippen LogP contribution in [0.5, 0.6) is 0 Å². The van der Waals surface area contributed by atoms with Gasteiger partial charge in [0.1, 0.15) is 0 Å². The number of hydrogen-bond acceptors (Lipinski definition) is 4. The predicted molar refractivity (Wildman–Crippen MR) is 117 cm³/mol. The number of piperazine rings is 1. The van der Waals surface area contributed by atoms with Crippen LogP contribution in [0.3, 0.4) is 0 Å². The summed E-state index contributed by atoms with van der Waals surface area (Å²) in [5, 5.41) is 0. The van der Waals surface area contributed by atoms with Crippen molar-refractivity contribution < 1.29 is 18.0 Å². The lowest BCUT2D eigenvalue weighted by Crippen LogP contribution is -2.48. The van der Waals surface area contributed by atoms with Gasteiger partial charge in [0, 0.05) is 44.0 Å². The topological polar surface area (TPSA) is 49.3 Å². The third-order valence-corrected chi connectivity index (χ3v) is 5.22. The summed E-state index contributed by atoms with van der Waals surface area (Å²) < 4.78 is 39.1. The molecule has 2 aromatic carbocycles. The molecule has 1 aliphatic heterocycles. The van der Waals surface area contributed by atoms with Gasteiger partial charge in [0.2, 0.25) is 11.9 Å². The van der Waals surface area contributed by atoms with Crippen molar-refractivity contribution in [1.29, 1.82) is 0 Å². The summed E-state index contributed by atoms with van der Waals surface area (Å²) in [6.07, 6.45) is 0.480. The van der Waals surface area contributed by atoms with E-state index in [-0.39, 0.29) is 5.91 Å². The molecule has 5 nitrogen and oxygen atoms in total. The van der Waals surface area contributed by atoms with Gasteiger partial charge in [-0.15, -0.1) is 0 Å². The third-order valence-electron chi connectivity index (χ3n) is 5.22. The van der Waals surface area contributed by atoms with Gasteiger partial charge in [-0.3, -0.25) is 4.79 Å². The molecule has 4 rings (SSSR count). The first-order valence-corrected chi connectivity index (χ1v) is 10.2. The standard InChI is InChI=1S/C24H21F3N4O/c25-24(26,27)20-8-4-7-19(17-20)21-11-12-28-23(29-21)31-15-13-30(14-16-31)22(32)10-9-18-5-2-1-3-6-18/h1-12,17H,13-16H2/b10-9+. The van der Waals surface area contributed by atoms with Crippen LogP contribution in [0.2, 0.25) is 0 Å². The van der Waals surface area contributed by atoms with Crippen LogP contribution in [0.25, 0.3) is 17.3 Å². The fourth-order valence-corrected chi connectivity index (χ4v) is 3.48. The minimum Gasteiger partial charge on any atom is -0.337 e. The Morgan fingerprint density at radius 2 is 1.69 bits per heavy atom. The zero-order chi connectivity index (χ0) is 22.6. The van der Waals surface area contributed by atoms with Gasteiger partial charge in [0.05, 0.1) is 11.3 Å². The van der Waals surface area contributed by atoms with Gasteiger partial charge in [-0.2, -0.15) is 13.2 Å². The Morgan fingerprint density at radius 3 is 2.41 bits per heavy atom. The highest BCUT2D eigenvalue weighted by Gasteiger charge is 2.30.